The van der Waals surface area contributed by atoms with E-state index in [0.29, 0.717) is 32.5 Å². The van der Waals surface area contributed by atoms with Gasteiger partial charge in [-0.3, -0.25) is 9.32 Å². The number of alkyl halides is 3. The highest BCUT2D eigenvalue weighted by atomic mass is 31.2. The molecule has 2 N–H and O–H groups in total. The molecule has 2 heterocycles. The number of hydrogen-bond donors (Lipinski definition) is 2. The average Bonchev–Trinajstić information content (AvgIpc) is 3.21. The molecule has 0 radical (unpaired) electrons. The molecule has 2 aromatic rings. The Labute approximate surface area is 181 Å². The van der Waals surface area contributed by atoms with Crippen LogP contribution in [0.3, 0.4) is 0 Å². The summed E-state index contributed by atoms with van der Waals surface area (Å²) < 4.78 is 53.9. The number of likely N-dealkylation sites (tertiary alicyclic amines) is 1. The average molecular weight is 477 g/mol. The van der Waals surface area contributed by atoms with E-state index in [1.54, 1.807) is 6.92 Å². The van der Waals surface area contributed by atoms with Crippen molar-refractivity contribution in [3.8, 4) is 0 Å². The summed E-state index contributed by atoms with van der Waals surface area (Å²) in [6.07, 6.45) is -3.34. The summed E-state index contributed by atoms with van der Waals surface area (Å²) in [5, 5.41) is 11.6. The number of aromatic nitrogens is 4. The normalized spacial score (nSPS) is 16.9. The fraction of sp³-hybridized carbons (Fsp3) is 0.556. The molecule has 0 bridgehead atoms. The van der Waals surface area contributed by atoms with E-state index in [0.717, 1.165) is 17.7 Å². The number of hydrogen-bond acceptors (Lipinski definition) is 6. The Hall–Kier alpha value is -2.34. The summed E-state index contributed by atoms with van der Waals surface area (Å²) in [7, 11) is -4.82. The van der Waals surface area contributed by atoms with Crippen LogP contribution in [0.15, 0.2) is 24.3 Å². The van der Waals surface area contributed by atoms with Gasteiger partial charge in [-0.2, -0.15) is 18.0 Å². The minimum Gasteiger partial charge on any atom is -0.342 e. The number of rotatable bonds is 7. The van der Waals surface area contributed by atoms with E-state index < -0.39 is 38.0 Å². The van der Waals surface area contributed by atoms with E-state index in [9.17, 15) is 22.5 Å². The molecule has 1 aliphatic heterocycles. The Balaban J connectivity index is 1.67. The van der Waals surface area contributed by atoms with E-state index >= 15 is 0 Å². The maximum atomic E-state index is 13.1. The van der Waals surface area contributed by atoms with Gasteiger partial charge >= 0.3 is 14.0 Å². The molecular formula is C18H23F3N5O5P. The molecule has 0 saturated carbocycles. The number of benzene rings is 1. The van der Waals surface area contributed by atoms with Gasteiger partial charge in [-0.1, -0.05) is 12.1 Å². The van der Waals surface area contributed by atoms with Crippen LogP contribution in [0.2, 0.25) is 0 Å². The first-order chi connectivity index (χ1) is 15.0. The Bertz CT molecular complexity index is 970. The van der Waals surface area contributed by atoms with Gasteiger partial charge in [0.05, 0.1) is 18.7 Å². The van der Waals surface area contributed by atoms with E-state index in [4.69, 9.17) is 9.79 Å². The topological polar surface area (TPSA) is 131 Å². The Morgan fingerprint density at radius 1 is 1.25 bits per heavy atom. The van der Waals surface area contributed by atoms with Gasteiger partial charge in [-0.05, 0) is 48.6 Å². The lowest BCUT2D eigenvalue weighted by Crippen LogP contribution is -2.42. The van der Waals surface area contributed by atoms with Crippen molar-refractivity contribution in [3.63, 3.8) is 0 Å². The van der Waals surface area contributed by atoms with Gasteiger partial charge in [0.1, 0.15) is 5.92 Å². The highest BCUT2D eigenvalue weighted by Crippen LogP contribution is 2.38. The molecule has 1 aromatic heterocycles. The Morgan fingerprint density at radius 3 is 2.38 bits per heavy atom. The second-order valence-corrected chi connectivity index (χ2v) is 8.63. The molecule has 1 fully saturated rings. The van der Waals surface area contributed by atoms with Crippen LogP contribution in [0.1, 0.15) is 48.6 Å². The maximum absolute atomic E-state index is 13.1. The first kappa shape index (κ1) is 24.3. The van der Waals surface area contributed by atoms with E-state index in [1.165, 1.54) is 21.8 Å². The van der Waals surface area contributed by atoms with Crippen LogP contribution in [0.5, 0.6) is 0 Å². The van der Waals surface area contributed by atoms with Gasteiger partial charge in [0.25, 0.3) is 0 Å². The summed E-state index contributed by atoms with van der Waals surface area (Å²) in [6.45, 7) is 2.18. The molecule has 3 rings (SSSR count). The van der Waals surface area contributed by atoms with Crippen LogP contribution in [-0.4, -0.2) is 60.5 Å². The molecule has 176 valence electrons. The highest BCUT2D eigenvalue weighted by Gasteiger charge is 2.35. The molecule has 10 nitrogen and oxygen atoms in total. The van der Waals surface area contributed by atoms with E-state index in [1.807, 2.05) is 0 Å². The van der Waals surface area contributed by atoms with Crippen LogP contribution < -0.4 is 0 Å². The zero-order chi connectivity index (χ0) is 23.5. The van der Waals surface area contributed by atoms with Gasteiger partial charge in [0, 0.05) is 13.1 Å². The van der Waals surface area contributed by atoms with E-state index in [-0.39, 0.29) is 11.7 Å². The number of piperidine rings is 1. The Morgan fingerprint density at radius 2 is 1.88 bits per heavy atom. The monoisotopic (exact) mass is 477 g/mol. The minimum absolute atomic E-state index is 0.00448. The number of nitrogens with zero attached hydrogens (tertiary/aromatic N) is 5. The molecule has 0 aliphatic carbocycles. The summed E-state index contributed by atoms with van der Waals surface area (Å²) in [5.74, 6) is -1.62. The molecule has 1 saturated heterocycles. The van der Waals surface area contributed by atoms with Gasteiger partial charge in [0.2, 0.25) is 5.91 Å². The van der Waals surface area contributed by atoms with Crippen molar-refractivity contribution < 1.29 is 36.8 Å². The van der Waals surface area contributed by atoms with Crippen molar-refractivity contribution in [1.82, 2.24) is 25.1 Å². The first-order valence-corrected chi connectivity index (χ1v) is 11.4. The molecular weight excluding hydrogens is 454 g/mol. The summed E-state index contributed by atoms with van der Waals surface area (Å²) in [6, 6.07) is 5.00. The van der Waals surface area contributed by atoms with Crippen LogP contribution in [-0.2, 0) is 26.6 Å². The third kappa shape index (κ3) is 6.12. The summed E-state index contributed by atoms with van der Waals surface area (Å²) >= 11 is 0. The highest BCUT2D eigenvalue weighted by molar-refractivity contribution is 7.46. The number of phosphoric ester groups is 1. The Kier molecular flexibility index (Phi) is 7.33. The lowest BCUT2D eigenvalue weighted by atomic mass is 9.88. The lowest BCUT2D eigenvalue weighted by Gasteiger charge is -2.34. The fourth-order valence-corrected chi connectivity index (χ4v) is 3.90. The number of aryl methyl sites for hydroxylation is 1. The molecule has 1 aliphatic rings. The smallest absolute Gasteiger partial charge is 0.342 e. The predicted octanol–water partition coefficient (Wildman–Crippen LogP) is 2.31. The number of carbonyl (C=O) groups excluding carboxylic acids is 1. The van der Waals surface area contributed by atoms with Gasteiger partial charge in [-0.15, -0.1) is 10.2 Å². The third-order valence-corrected chi connectivity index (χ3v) is 5.77. The SMILES string of the molecule is CCn1nnc([C@@H](COP(=O)(O)O)C(=O)N2CCC(c3ccc(C(F)(F)F)cc3)CC2)n1. The van der Waals surface area contributed by atoms with Crippen molar-refractivity contribution in [2.45, 2.75) is 44.3 Å². The van der Waals surface area contributed by atoms with Crippen molar-refractivity contribution >= 4 is 13.7 Å². The number of carbonyl (C=O) groups is 1. The second-order valence-electron chi connectivity index (χ2n) is 7.39. The van der Waals surface area contributed by atoms with Crippen molar-refractivity contribution in [3.05, 3.63) is 41.2 Å². The number of amides is 1. The maximum Gasteiger partial charge on any atom is 0.469 e. The van der Waals surface area contributed by atoms with Gasteiger partial charge in [0.15, 0.2) is 5.82 Å². The van der Waals surface area contributed by atoms with Gasteiger partial charge < -0.3 is 14.7 Å². The van der Waals surface area contributed by atoms with Gasteiger partial charge in [-0.25, -0.2) is 4.57 Å². The predicted molar refractivity (Wildman–Crippen MR) is 104 cm³/mol. The number of halogens is 3. The molecule has 32 heavy (non-hydrogen) atoms. The zero-order valence-electron chi connectivity index (χ0n) is 17.1. The standard InChI is InChI=1S/C18H23F3N5O5P/c1-2-26-23-16(22-24-26)15(11-31-32(28,29)30)17(27)25-9-7-13(8-10-25)12-3-5-14(6-4-12)18(19,20)21/h3-6,13,15H,2,7-11H2,1H3,(H2,28,29,30)/t15-/m1/s1. The van der Waals surface area contributed by atoms with Crippen molar-refractivity contribution in [2.75, 3.05) is 19.7 Å². The van der Waals surface area contributed by atoms with Crippen LogP contribution in [0.4, 0.5) is 13.2 Å². The minimum atomic E-state index is -4.82. The lowest BCUT2D eigenvalue weighted by molar-refractivity contribution is -0.137. The van der Waals surface area contributed by atoms with Crippen LogP contribution >= 0.6 is 7.82 Å². The quantitative estimate of drug-likeness (QED) is 0.581. The number of phosphoric acid groups is 1. The molecule has 1 atom stereocenters. The zero-order valence-corrected chi connectivity index (χ0v) is 18.0. The number of tetrazole rings is 1. The molecule has 1 amide bonds. The van der Waals surface area contributed by atoms with E-state index in [2.05, 4.69) is 19.9 Å². The largest absolute Gasteiger partial charge is 0.469 e. The fourth-order valence-electron chi connectivity index (χ4n) is 3.55. The second kappa shape index (κ2) is 9.65. The molecule has 0 unspecified atom stereocenters. The van der Waals surface area contributed by atoms with Crippen molar-refractivity contribution in [2.24, 2.45) is 0 Å². The molecule has 14 heteroatoms. The summed E-state index contributed by atoms with van der Waals surface area (Å²) in [5.41, 5.74) is 0.0495. The first-order valence-electron chi connectivity index (χ1n) is 9.91. The molecule has 0 spiro atoms. The van der Waals surface area contributed by atoms with Crippen LogP contribution in [0, 0.1) is 0 Å². The summed E-state index contributed by atoms with van der Waals surface area (Å²) in [4.78, 5) is 33.9. The van der Waals surface area contributed by atoms with Crippen LogP contribution in [0.25, 0.3) is 0 Å². The third-order valence-electron chi connectivity index (χ3n) is 5.29. The van der Waals surface area contributed by atoms with Crippen molar-refractivity contribution in [1.29, 1.82) is 0 Å². The molecule has 1 aromatic carbocycles.